The predicted molar refractivity (Wildman–Crippen MR) is 108 cm³/mol. The van der Waals surface area contributed by atoms with Crippen molar-refractivity contribution in [2.24, 2.45) is 0 Å². The second-order valence-corrected chi connectivity index (χ2v) is 7.08. The fourth-order valence-corrected chi connectivity index (χ4v) is 3.81. The maximum absolute atomic E-state index is 13.1. The number of rotatable bonds is 4. The molecule has 5 heteroatoms. The molecule has 0 spiro atoms. The van der Waals surface area contributed by atoms with E-state index in [1.54, 1.807) is 19.2 Å². The number of hydrogen-bond donors (Lipinski definition) is 2. The van der Waals surface area contributed by atoms with Gasteiger partial charge in [0.25, 0.3) is 0 Å². The number of hydrogen-bond acceptors (Lipinski definition) is 5. The van der Waals surface area contributed by atoms with Crippen LogP contribution in [0.5, 0.6) is 11.5 Å². The zero-order valence-corrected chi connectivity index (χ0v) is 15.8. The third kappa shape index (κ3) is 3.41. The van der Waals surface area contributed by atoms with Gasteiger partial charge in [0.2, 0.25) is 0 Å². The molecule has 1 fully saturated rings. The molecule has 1 aliphatic heterocycles. The molecule has 0 saturated carbocycles. The Bertz CT molecular complexity index is 994. The largest absolute Gasteiger partial charge is 0.507 e. The molecule has 0 amide bonds. The Morgan fingerprint density at radius 3 is 2.46 bits per heavy atom. The molecule has 28 heavy (non-hydrogen) atoms. The molecule has 0 radical (unpaired) electrons. The van der Waals surface area contributed by atoms with Crippen molar-refractivity contribution in [2.75, 3.05) is 20.2 Å². The van der Waals surface area contributed by atoms with E-state index in [-0.39, 0.29) is 11.3 Å². The number of aromatic hydroxyl groups is 1. The smallest absolute Gasteiger partial charge is 0.342 e. The normalized spacial score (nSPS) is 15.9. The molecule has 0 aromatic heterocycles. The van der Waals surface area contributed by atoms with E-state index in [0.717, 1.165) is 29.4 Å². The van der Waals surface area contributed by atoms with Crippen molar-refractivity contribution in [1.29, 1.82) is 0 Å². The van der Waals surface area contributed by atoms with E-state index in [9.17, 15) is 9.90 Å². The molecule has 1 heterocycles. The molecule has 3 aromatic rings. The van der Waals surface area contributed by atoms with Crippen molar-refractivity contribution >= 4 is 16.7 Å². The van der Waals surface area contributed by atoms with Crippen LogP contribution in [0.1, 0.15) is 28.8 Å². The van der Waals surface area contributed by atoms with E-state index < -0.39 is 11.6 Å². The van der Waals surface area contributed by atoms with Crippen molar-refractivity contribution in [3.8, 4) is 11.5 Å². The first kappa shape index (κ1) is 18.3. The van der Waals surface area contributed by atoms with Crippen LogP contribution in [0.4, 0.5) is 0 Å². The number of methoxy groups -OCH3 is 1. The van der Waals surface area contributed by atoms with Gasteiger partial charge in [-0.1, -0.05) is 36.4 Å². The molecule has 144 valence electrons. The highest BCUT2D eigenvalue weighted by Gasteiger charge is 2.38. The average Bonchev–Trinajstić information content (AvgIpc) is 2.74. The molecule has 0 aliphatic carbocycles. The molecule has 0 bridgehead atoms. The van der Waals surface area contributed by atoms with Crippen LogP contribution in [0.3, 0.4) is 0 Å². The lowest BCUT2D eigenvalue weighted by Gasteiger charge is -2.37. The number of benzene rings is 3. The number of phenolic OH excluding ortho intramolecular Hbond substituents is 1. The van der Waals surface area contributed by atoms with Crippen LogP contribution in [0, 0.1) is 0 Å². The summed E-state index contributed by atoms with van der Waals surface area (Å²) in [6.07, 6.45) is 1.37. The van der Waals surface area contributed by atoms with Crippen LogP contribution < -0.4 is 10.1 Å². The Morgan fingerprint density at radius 1 is 1.00 bits per heavy atom. The fourth-order valence-electron chi connectivity index (χ4n) is 3.81. The topological polar surface area (TPSA) is 67.8 Å². The lowest BCUT2D eigenvalue weighted by Crippen LogP contribution is -2.43. The highest BCUT2D eigenvalue weighted by molar-refractivity contribution is 5.99. The van der Waals surface area contributed by atoms with Gasteiger partial charge in [-0.3, -0.25) is 0 Å². The molecule has 0 unspecified atom stereocenters. The summed E-state index contributed by atoms with van der Waals surface area (Å²) >= 11 is 0. The summed E-state index contributed by atoms with van der Waals surface area (Å²) in [5.74, 6) is 0.0874. The van der Waals surface area contributed by atoms with Gasteiger partial charge < -0.3 is 19.9 Å². The summed E-state index contributed by atoms with van der Waals surface area (Å²) in [7, 11) is 1.59. The Morgan fingerprint density at radius 2 is 1.75 bits per heavy atom. The first-order valence-corrected chi connectivity index (χ1v) is 9.42. The second kappa shape index (κ2) is 7.52. The number of piperidine rings is 1. The van der Waals surface area contributed by atoms with Crippen molar-refractivity contribution in [3.63, 3.8) is 0 Å². The predicted octanol–water partition coefficient (Wildman–Crippen LogP) is 3.99. The summed E-state index contributed by atoms with van der Waals surface area (Å²) in [5, 5.41) is 15.4. The standard InChI is InChI=1S/C23H23NO4/c1-27-19-8-7-16-15-21(25)20(14-17(16)13-19)22(26)28-23(9-11-24-12-10-23)18-5-3-2-4-6-18/h2-8,13-15,24-25H,9-12H2,1H3. The van der Waals surface area contributed by atoms with Crippen molar-refractivity contribution in [2.45, 2.75) is 18.4 Å². The number of carbonyl (C=O) groups excluding carboxylic acids is 1. The van der Waals surface area contributed by atoms with E-state index in [1.807, 2.05) is 48.5 Å². The van der Waals surface area contributed by atoms with Gasteiger partial charge in [-0.2, -0.15) is 0 Å². The molecule has 1 saturated heterocycles. The van der Waals surface area contributed by atoms with Gasteiger partial charge in [0.15, 0.2) is 0 Å². The Hall–Kier alpha value is -3.05. The molecular formula is C23H23NO4. The van der Waals surface area contributed by atoms with E-state index in [1.165, 1.54) is 0 Å². The zero-order valence-electron chi connectivity index (χ0n) is 15.8. The van der Waals surface area contributed by atoms with Crippen LogP contribution in [-0.2, 0) is 10.3 Å². The number of carbonyl (C=O) groups is 1. The van der Waals surface area contributed by atoms with Gasteiger partial charge in [-0.25, -0.2) is 4.79 Å². The minimum absolute atomic E-state index is 0.0835. The molecule has 1 aliphatic rings. The minimum atomic E-state index is -0.695. The van der Waals surface area contributed by atoms with Crippen LogP contribution in [0.15, 0.2) is 60.7 Å². The summed E-state index contributed by atoms with van der Waals surface area (Å²) < 4.78 is 11.3. The summed E-state index contributed by atoms with van der Waals surface area (Å²) in [6.45, 7) is 1.53. The number of fused-ring (bicyclic) bond motifs is 1. The fraction of sp³-hybridized carbons (Fsp3) is 0.261. The highest BCUT2D eigenvalue weighted by Crippen LogP contribution is 2.37. The third-order valence-corrected chi connectivity index (χ3v) is 5.38. The van der Waals surface area contributed by atoms with Gasteiger partial charge in [0.1, 0.15) is 22.7 Å². The van der Waals surface area contributed by atoms with Crippen LogP contribution in [0.25, 0.3) is 10.8 Å². The van der Waals surface area contributed by atoms with E-state index in [2.05, 4.69) is 5.32 Å². The van der Waals surface area contributed by atoms with Crippen LogP contribution in [0.2, 0.25) is 0 Å². The van der Waals surface area contributed by atoms with E-state index >= 15 is 0 Å². The van der Waals surface area contributed by atoms with E-state index in [0.29, 0.717) is 18.6 Å². The lowest BCUT2D eigenvalue weighted by molar-refractivity contribution is -0.0380. The monoisotopic (exact) mass is 377 g/mol. The first-order valence-electron chi connectivity index (χ1n) is 9.42. The van der Waals surface area contributed by atoms with Gasteiger partial charge in [0, 0.05) is 12.8 Å². The highest BCUT2D eigenvalue weighted by atomic mass is 16.6. The number of ether oxygens (including phenoxy) is 2. The quantitative estimate of drug-likeness (QED) is 0.673. The molecular weight excluding hydrogens is 354 g/mol. The lowest BCUT2D eigenvalue weighted by atomic mass is 9.84. The van der Waals surface area contributed by atoms with Crippen molar-refractivity contribution in [3.05, 3.63) is 71.8 Å². The number of phenols is 1. The van der Waals surface area contributed by atoms with Crippen LogP contribution >= 0.6 is 0 Å². The van der Waals surface area contributed by atoms with Crippen LogP contribution in [-0.4, -0.2) is 31.3 Å². The van der Waals surface area contributed by atoms with Gasteiger partial charge in [-0.05, 0) is 53.7 Å². The Labute approximate surface area is 163 Å². The second-order valence-electron chi connectivity index (χ2n) is 7.08. The maximum Gasteiger partial charge on any atom is 0.342 e. The molecule has 0 atom stereocenters. The van der Waals surface area contributed by atoms with Gasteiger partial charge in [-0.15, -0.1) is 0 Å². The SMILES string of the molecule is COc1ccc2cc(O)c(C(=O)OC3(c4ccccc4)CCNCC3)cc2c1. The van der Waals surface area contributed by atoms with Gasteiger partial charge in [0.05, 0.1) is 7.11 Å². The first-order chi connectivity index (χ1) is 13.6. The maximum atomic E-state index is 13.1. The number of esters is 1. The zero-order chi connectivity index (χ0) is 19.6. The minimum Gasteiger partial charge on any atom is -0.507 e. The summed E-state index contributed by atoms with van der Waals surface area (Å²) in [6, 6.07) is 18.6. The van der Waals surface area contributed by atoms with E-state index in [4.69, 9.17) is 9.47 Å². The molecule has 3 aromatic carbocycles. The third-order valence-electron chi connectivity index (χ3n) is 5.38. The summed E-state index contributed by atoms with van der Waals surface area (Å²) in [5.41, 5.74) is 0.445. The molecule has 4 rings (SSSR count). The Balaban J connectivity index is 1.70. The van der Waals surface area contributed by atoms with Crippen molar-refractivity contribution in [1.82, 2.24) is 5.32 Å². The summed E-state index contributed by atoms with van der Waals surface area (Å²) in [4.78, 5) is 13.1. The van der Waals surface area contributed by atoms with Crippen molar-refractivity contribution < 1.29 is 19.4 Å². The number of nitrogens with one attached hydrogen (secondary N) is 1. The molecule has 2 N–H and O–H groups in total. The Kier molecular flexibility index (Phi) is 4.92. The van der Waals surface area contributed by atoms with Gasteiger partial charge >= 0.3 is 5.97 Å². The molecule has 5 nitrogen and oxygen atoms in total. The average molecular weight is 377 g/mol.